The average molecular weight is 487 g/mol. The number of aromatic nitrogens is 2. The minimum atomic E-state index is -3.56. The van der Waals surface area contributed by atoms with Gasteiger partial charge in [0.25, 0.3) is 5.22 Å². The quantitative estimate of drug-likeness (QED) is 0.465. The molecular weight excluding hydrogens is 460 g/mol. The Labute approximate surface area is 198 Å². The van der Waals surface area contributed by atoms with Crippen LogP contribution >= 0.6 is 11.8 Å². The van der Waals surface area contributed by atoms with E-state index >= 15 is 0 Å². The van der Waals surface area contributed by atoms with Crippen molar-refractivity contribution in [1.82, 2.24) is 14.5 Å². The van der Waals surface area contributed by atoms with Gasteiger partial charge in [0.05, 0.1) is 10.1 Å². The van der Waals surface area contributed by atoms with Gasteiger partial charge in [0.2, 0.25) is 21.8 Å². The van der Waals surface area contributed by atoms with Gasteiger partial charge in [0.1, 0.15) is 0 Å². The molecule has 2 heterocycles. The monoisotopic (exact) mass is 486 g/mol. The summed E-state index contributed by atoms with van der Waals surface area (Å²) in [6, 6.07) is 15.9. The smallest absolute Gasteiger partial charge is 0.277 e. The Hall–Kier alpha value is -2.69. The van der Waals surface area contributed by atoms with Gasteiger partial charge in [-0.15, -0.1) is 10.2 Å². The molecule has 1 amide bonds. The Morgan fingerprint density at radius 3 is 2.52 bits per heavy atom. The Balaban J connectivity index is 1.47. The molecule has 0 unspecified atom stereocenters. The number of carbonyl (C=O) groups is 1. The van der Waals surface area contributed by atoms with E-state index < -0.39 is 15.3 Å². The number of para-hydroxylation sites is 1. The Bertz CT molecular complexity index is 1210. The third kappa shape index (κ3) is 5.29. The molecule has 0 bridgehead atoms. The first-order valence-corrected chi connectivity index (χ1v) is 13.1. The fourth-order valence-corrected chi connectivity index (χ4v) is 6.01. The molecule has 8 nitrogen and oxygen atoms in total. The van der Waals surface area contributed by atoms with Crippen LogP contribution in [0, 0.1) is 0 Å². The molecule has 0 N–H and O–H groups in total. The predicted molar refractivity (Wildman–Crippen MR) is 128 cm³/mol. The van der Waals surface area contributed by atoms with Crippen LogP contribution in [0.4, 0.5) is 5.69 Å². The van der Waals surface area contributed by atoms with Gasteiger partial charge in [-0.05, 0) is 50.1 Å². The lowest BCUT2D eigenvalue weighted by Gasteiger charge is -2.25. The van der Waals surface area contributed by atoms with Crippen LogP contribution in [0.5, 0.6) is 0 Å². The number of rotatable bonds is 7. The molecule has 33 heavy (non-hydrogen) atoms. The third-order valence-electron chi connectivity index (χ3n) is 5.54. The van der Waals surface area contributed by atoms with Crippen LogP contribution in [0.25, 0.3) is 11.5 Å². The molecule has 1 aliphatic heterocycles. The van der Waals surface area contributed by atoms with Crippen molar-refractivity contribution in [3.05, 3.63) is 54.6 Å². The molecular formula is C23H26N4O4S2. The molecule has 0 radical (unpaired) electrons. The van der Waals surface area contributed by atoms with E-state index in [0.29, 0.717) is 18.7 Å². The summed E-state index contributed by atoms with van der Waals surface area (Å²) in [5.41, 5.74) is 1.32. The summed E-state index contributed by atoms with van der Waals surface area (Å²) in [4.78, 5) is 14.6. The first-order chi connectivity index (χ1) is 15.9. The molecule has 3 aromatic rings. The molecule has 1 atom stereocenters. The van der Waals surface area contributed by atoms with E-state index in [1.54, 1.807) is 43.1 Å². The number of benzene rings is 2. The van der Waals surface area contributed by atoms with E-state index in [1.807, 2.05) is 30.3 Å². The SMILES string of the molecule is C[C@H](Sc1nnc(-c2cccc(S(=O)(=O)N3CCCCC3)c2)o1)C(=O)N(C)c1ccccc1. The highest BCUT2D eigenvalue weighted by Crippen LogP contribution is 2.29. The minimum absolute atomic E-state index is 0.0967. The van der Waals surface area contributed by atoms with Crippen molar-refractivity contribution < 1.29 is 17.6 Å². The number of thioether (sulfide) groups is 1. The lowest BCUT2D eigenvalue weighted by Crippen LogP contribution is -2.35. The molecule has 1 aromatic heterocycles. The second kappa shape index (κ2) is 10.1. The molecule has 174 valence electrons. The normalized spacial score (nSPS) is 15.8. The number of amides is 1. The van der Waals surface area contributed by atoms with Crippen molar-refractivity contribution in [1.29, 1.82) is 0 Å². The summed E-state index contributed by atoms with van der Waals surface area (Å²) in [5, 5.41) is 7.91. The molecule has 1 saturated heterocycles. The number of hydrogen-bond donors (Lipinski definition) is 0. The van der Waals surface area contributed by atoms with Crippen LogP contribution in [0.3, 0.4) is 0 Å². The number of carbonyl (C=O) groups excluding carboxylic acids is 1. The van der Waals surface area contributed by atoms with Crippen molar-refractivity contribution in [2.24, 2.45) is 0 Å². The maximum Gasteiger partial charge on any atom is 0.277 e. The maximum atomic E-state index is 13.0. The lowest BCUT2D eigenvalue weighted by atomic mass is 10.2. The number of nitrogens with zero attached hydrogens (tertiary/aromatic N) is 4. The Morgan fingerprint density at radius 1 is 1.06 bits per heavy atom. The van der Waals surface area contributed by atoms with Gasteiger partial charge in [-0.1, -0.05) is 42.4 Å². The lowest BCUT2D eigenvalue weighted by molar-refractivity contribution is -0.117. The van der Waals surface area contributed by atoms with Gasteiger partial charge in [0.15, 0.2) is 0 Å². The van der Waals surface area contributed by atoms with Gasteiger partial charge in [0, 0.05) is 31.4 Å². The Morgan fingerprint density at radius 2 is 1.79 bits per heavy atom. The highest BCUT2D eigenvalue weighted by Gasteiger charge is 2.27. The highest BCUT2D eigenvalue weighted by atomic mass is 32.2. The standard InChI is InChI=1S/C23H26N4O4S2/c1-17(22(28)26(2)19-11-5-3-6-12-19)32-23-25-24-21(31-23)18-10-9-13-20(16-18)33(29,30)27-14-7-4-8-15-27/h3,5-6,9-13,16-17H,4,7-8,14-15H2,1-2H3/t17-/m0/s1. The molecule has 2 aromatic carbocycles. The van der Waals surface area contributed by atoms with Crippen molar-refractivity contribution in [3.8, 4) is 11.5 Å². The van der Waals surface area contributed by atoms with Crippen molar-refractivity contribution >= 4 is 33.4 Å². The topological polar surface area (TPSA) is 96.6 Å². The van der Waals surface area contributed by atoms with E-state index in [4.69, 9.17) is 4.42 Å². The largest absolute Gasteiger partial charge is 0.411 e. The minimum Gasteiger partial charge on any atom is -0.411 e. The second-order valence-electron chi connectivity index (χ2n) is 7.86. The van der Waals surface area contributed by atoms with Crippen LogP contribution in [-0.4, -0.2) is 54.2 Å². The molecule has 0 aliphatic carbocycles. The predicted octanol–water partition coefficient (Wildman–Crippen LogP) is 4.05. The third-order valence-corrected chi connectivity index (χ3v) is 8.36. The second-order valence-corrected chi connectivity index (χ2v) is 11.1. The molecule has 1 fully saturated rings. The highest BCUT2D eigenvalue weighted by molar-refractivity contribution is 8.00. The summed E-state index contributed by atoms with van der Waals surface area (Å²) in [5.74, 6) is 0.116. The van der Waals surface area contributed by atoms with Gasteiger partial charge >= 0.3 is 0 Å². The summed E-state index contributed by atoms with van der Waals surface area (Å²) in [7, 11) is -1.84. The number of piperidine rings is 1. The summed E-state index contributed by atoms with van der Waals surface area (Å²) in [6.45, 7) is 2.86. The zero-order valence-electron chi connectivity index (χ0n) is 18.5. The average Bonchev–Trinajstić information content (AvgIpc) is 3.32. The fourth-order valence-electron chi connectivity index (χ4n) is 3.67. The van der Waals surface area contributed by atoms with E-state index in [0.717, 1.165) is 36.7 Å². The van der Waals surface area contributed by atoms with Crippen LogP contribution in [0.15, 0.2) is 69.1 Å². The molecule has 0 spiro atoms. The van der Waals surface area contributed by atoms with Crippen LogP contribution < -0.4 is 4.90 Å². The summed E-state index contributed by atoms with van der Waals surface area (Å²) in [6.07, 6.45) is 2.80. The van der Waals surface area contributed by atoms with Crippen LogP contribution in [-0.2, 0) is 14.8 Å². The van der Waals surface area contributed by atoms with Crippen molar-refractivity contribution in [2.45, 2.75) is 41.6 Å². The summed E-state index contributed by atoms with van der Waals surface area (Å²) < 4.78 is 33.3. The van der Waals surface area contributed by atoms with Crippen LogP contribution in [0.1, 0.15) is 26.2 Å². The van der Waals surface area contributed by atoms with Gasteiger partial charge < -0.3 is 9.32 Å². The van der Waals surface area contributed by atoms with Gasteiger partial charge in [-0.25, -0.2) is 8.42 Å². The van der Waals surface area contributed by atoms with E-state index in [9.17, 15) is 13.2 Å². The van der Waals surface area contributed by atoms with Gasteiger partial charge in [-0.3, -0.25) is 4.79 Å². The van der Waals surface area contributed by atoms with Crippen molar-refractivity contribution in [3.63, 3.8) is 0 Å². The first kappa shape index (κ1) is 23.5. The fraction of sp³-hybridized carbons (Fsp3) is 0.348. The van der Waals surface area contributed by atoms with E-state index in [2.05, 4.69) is 10.2 Å². The first-order valence-electron chi connectivity index (χ1n) is 10.8. The van der Waals surface area contributed by atoms with Gasteiger partial charge in [-0.2, -0.15) is 4.31 Å². The van der Waals surface area contributed by atoms with E-state index in [-0.39, 0.29) is 21.9 Å². The molecule has 4 rings (SSSR count). The zero-order valence-corrected chi connectivity index (χ0v) is 20.2. The molecule has 10 heteroatoms. The number of anilines is 1. The zero-order chi connectivity index (χ0) is 23.4. The summed E-state index contributed by atoms with van der Waals surface area (Å²) >= 11 is 1.16. The Kier molecular flexibility index (Phi) is 7.16. The van der Waals surface area contributed by atoms with Crippen LogP contribution in [0.2, 0.25) is 0 Å². The molecule has 0 saturated carbocycles. The van der Waals surface area contributed by atoms with E-state index in [1.165, 1.54) is 4.31 Å². The maximum absolute atomic E-state index is 13.0. The number of sulfonamides is 1. The van der Waals surface area contributed by atoms with Crippen molar-refractivity contribution in [2.75, 3.05) is 25.0 Å². The molecule has 1 aliphatic rings. The number of hydrogen-bond acceptors (Lipinski definition) is 7.